The topological polar surface area (TPSA) is 39.1 Å². The van der Waals surface area contributed by atoms with E-state index in [1.165, 1.54) is 12.1 Å². The summed E-state index contributed by atoms with van der Waals surface area (Å²) in [6.45, 7) is 11.6. The monoisotopic (exact) mass is 265 g/mol. The van der Waals surface area contributed by atoms with Gasteiger partial charge in [0.2, 0.25) is 0 Å². The average molecular weight is 265 g/mol. The van der Waals surface area contributed by atoms with Crippen molar-refractivity contribution in [2.75, 3.05) is 13.1 Å². The summed E-state index contributed by atoms with van der Waals surface area (Å²) in [5, 5.41) is 3.48. The Labute approximate surface area is 116 Å². The molecule has 0 aliphatic carbocycles. The van der Waals surface area contributed by atoms with Crippen molar-refractivity contribution in [1.29, 1.82) is 0 Å². The molecular weight excluding hydrogens is 238 g/mol. The van der Waals surface area contributed by atoms with Gasteiger partial charge in [-0.1, -0.05) is 13.8 Å². The molecule has 108 valence electrons. The molecule has 1 N–H and O–H groups in total. The quantitative estimate of drug-likeness (QED) is 0.858. The van der Waals surface area contributed by atoms with Gasteiger partial charge in [0.1, 0.15) is 0 Å². The van der Waals surface area contributed by atoms with Gasteiger partial charge >= 0.3 is 0 Å². The van der Waals surface area contributed by atoms with Crippen LogP contribution < -0.4 is 5.32 Å². The van der Waals surface area contributed by atoms with Crippen LogP contribution in [0.25, 0.3) is 0 Å². The van der Waals surface area contributed by atoms with Crippen molar-refractivity contribution in [2.45, 2.75) is 59.3 Å². The van der Waals surface area contributed by atoms with Crippen LogP contribution in [-0.2, 0) is 11.3 Å². The van der Waals surface area contributed by atoms with E-state index >= 15 is 0 Å². The molecule has 1 aliphatic rings. The smallest absolute Gasteiger partial charge is 0.0952 e. The molecule has 2 atom stereocenters. The van der Waals surface area contributed by atoms with Crippen molar-refractivity contribution in [1.82, 2.24) is 14.9 Å². The van der Waals surface area contributed by atoms with Crippen LogP contribution in [0.5, 0.6) is 0 Å². The molecule has 19 heavy (non-hydrogen) atoms. The molecule has 2 unspecified atom stereocenters. The Morgan fingerprint density at radius 2 is 2.11 bits per heavy atom. The van der Waals surface area contributed by atoms with E-state index in [1.807, 2.05) is 6.33 Å². The summed E-state index contributed by atoms with van der Waals surface area (Å²) < 4.78 is 8.31. The van der Waals surface area contributed by atoms with E-state index in [0.717, 1.165) is 31.7 Å². The lowest BCUT2D eigenvalue weighted by Gasteiger charge is -2.16. The maximum absolute atomic E-state index is 6.10. The Bertz CT molecular complexity index is 400. The minimum atomic E-state index is 0.346. The highest BCUT2D eigenvalue weighted by atomic mass is 16.5. The second kappa shape index (κ2) is 6.53. The van der Waals surface area contributed by atoms with E-state index in [0.29, 0.717) is 18.1 Å². The number of nitrogens with one attached hydrogen (secondary N) is 1. The largest absolute Gasteiger partial charge is 0.372 e. The van der Waals surface area contributed by atoms with Crippen molar-refractivity contribution in [3.8, 4) is 0 Å². The van der Waals surface area contributed by atoms with Crippen molar-refractivity contribution in [3.63, 3.8) is 0 Å². The first kappa shape index (κ1) is 14.5. The van der Waals surface area contributed by atoms with Gasteiger partial charge in [0.25, 0.3) is 0 Å². The molecule has 0 bridgehead atoms. The molecule has 0 radical (unpaired) electrons. The highest BCUT2D eigenvalue weighted by Gasteiger charge is 2.25. The Morgan fingerprint density at radius 1 is 1.37 bits per heavy atom. The highest BCUT2D eigenvalue weighted by Crippen LogP contribution is 2.21. The average Bonchev–Trinajstić information content (AvgIpc) is 2.91. The SMILES string of the molecule is Cc1ncn(CC2CCC(CNCC(C)C)O2)c1C. The number of hydrogen-bond acceptors (Lipinski definition) is 3. The zero-order valence-electron chi connectivity index (χ0n) is 12.6. The van der Waals surface area contributed by atoms with E-state index in [-0.39, 0.29) is 0 Å². The van der Waals surface area contributed by atoms with Crippen LogP contribution in [0.3, 0.4) is 0 Å². The van der Waals surface area contributed by atoms with Crippen LogP contribution in [0.15, 0.2) is 6.33 Å². The van der Waals surface area contributed by atoms with Crippen LogP contribution in [0.4, 0.5) is 0 Å². The van der Waals surface area contributed by atoms with Gasteiger partial charge in [-0.15, -0.1) is 0 Å². The fourth-order valence-electron chi connectivity index (χ4n) is 2.55. The van der Waals surface area contributed by atoms with Crippen molar-refractivity contribution < 1.29 is 4.74 Å². The summed E-state index contributed by atoms with van der Waals surface area (Å²) in [6.07, 6.45) is 4.98. The number of hydrogen-bond donors (Lipinski definition) is 1. The zero-order chi connectivity index (χ0) is 13.8. The number of imidazole rings is 1. The summed E-state index contributed by atoms with van der Waals surface area (Å²) >= 11 is 0. The number of ether oxygens (including phenoxy) is 1. The van der Waals surface area contributed by atoms with Gasteiger partial charge in [0.05, 0.1) is 30.8 Å². The van der Waals surface area contributed by atoms with Crippen LogP contribution in [0.1, 0.15) is 38.1 Å². The molecule has 1 saturated heterocycles. The van der Waals surface area contributed by atoms with E-state index < -0.39 is 0 Å². The number of nitrogens with zero attached hydrogens (tertiary/aromatic N) is 2. The Morgan fingerprint density at radius 3 is 2.74 bits per heavy atom. The van der Waals surface area contributed by atoms with Gasteiger partial charge in [-0.05, 0) is 39.2 Å². The third-order valence-corrected chi connectivity index (χ3v) is 3.87. The van der Waals surface area contributed by atoms with Gasteiger partial charge < -0.3 is 14.6 Å². The van der Waals surface area contributed by atoms with Crippen molar-refractivity contribution in [2.24, 2.45) is 5.92 Å². The van der Waals surface area contributed by atoms with E-state index in [4.69, 9.17) is 4.74 Å². The zero-order valence-corrected chi connectivity index (χ0v) is 12.6. The first-order valence-electron chi connectivity index (χ1n) is 7.40. The molecule has 4 heteroatoms. The summed E-state index contributed by atoms with van der Waals surface area (Å²) in [5.41, 5.74) is 2.37. The van der Waals surface area contributed by atoms with Gasteiger partial charge in [-0.3, -0.25) is 0 Å². The summed E-state index contributed by atoms with van der Waals surface area (Å²) in [4.78, 5) is 4.34. The third-order valence-electron chi connectivity index (χ3n) is 3.87. The number of aromatic nitrogens is 2. The number of aryl methyl sites for hydroxylation is 1. The predicted molar refractivity (Wildman–Crippen MR) is 77.3 cm³/mol. The number of rotatable bonds is 6. The van der Waals surface area contributed by atoms with Crippen molar-refractivity contribution >= 4 is 0 Å². The minimum Gasteiger partial charge on any atom is -0.372 e. The first-order valence-corrected chi connectivity index (χ1v) is 7.40. The van der Waals surface area contributed by atoms with Gasteiger partial charge in [0, 0.05) is 12.2 Å². The standard InChI is InChI=1S/C15H27N3O/c1-11(2)7-16-8-14-5-6-15(19-14)9-18-10-17-12(3)13(18)4/h10-11,14-16H,5-9H2,1-4H3. The van der Waals surface area contributed by atoms with Crippen LogP contribution in [0, 0.1) is 19.8 Å². The maximum atomic E-state index is 6.10. The normalized spacial score (nSPS) is 23.4. The Kier molecular flexibility index (Phi) is 4.99. The molecule has 0 saturated carbocycles. The molecule has 0 spiro atoms. The Balaban J connectivity index is 1.74. The molecule has 2 rings (SSSR count). The molecule has 1 aromatic heterocycles. The predicted octanol–water partition coefficient (Wildman–Crippen LogP) is 2.29. The molecule has 0 aromatic carbocycles. The van der Waals surface area contributed by atoms with Crippen LogP contribution >= 0.6 is 0 Å². The molecule has 0 amide bonds. The lowest BCUT2D eigenvalue weighted by molar-refractivity contribution is 0.0356. The van der Waals surface area contributed by atoms with Crippen LogP contribution in [-0.4, -0.2) is 34.8 Å². The van der Waals surface area contributed by atoms with Gasteiger partial charge in [-0.25, -0.2) is 4.98 Å². The minimum absolute atomic E-state index is 0.346. The highest BCUT2D eigenvalue weighted by molar-refractivity contribution is 5.08. The van der Waals surface area contributed by atoms with Gasteiger partial charge in [0.15, 0.2) is 0 Å². The van der Waals surface area contributed by atoms with E-state index in [2.05, 4.69) is 42.6 Å². The lowest BCUT2D eigenvalue weighted by Crippen LogP contribution is -2.30. The second-order valence-electron chi connectivity index (χ2n) is 6.08. The molecule has 1 aliphatic heterocycles. The van der Waals surface area contributed by atoms with E-state index in [9.17, 15) is 0 Å². The summed E-state index contributed by atoms with van der Waals surface area (Å²) in [5.74, 6) is 0.703. The first-order chi connectivity index (χ1) is 9.06. The van der Waals surface area contributed by atoms with E-state index in [1.54, 1.807) is 0 Å². The summed E-state index contributed by atoms with van der Waals surface area (Å²) in [6, 6.07) is 0. The molecular formula is C15H27N3O. The molecule has 4 nitrogen and oxygen atoms in total. The molecule has 1 fully saturated rings. The van der Waals surface area contributed by atoms with Crippen LogP contribution in [0.2, 0.25) is 0 Å². The second-order valence-corrected chi connectivity index (χ2v) is 6.08. The fraction of sp³-hybridized carbons (Fsp3) is 0.800. The Hall–Kier alpha value is -0.870. The third kappa shape index (κ3) is 4.05. The van der Waals surface area contributed by atoms with Crippen molar-refractivity contribution in [3.05, 3.63) is 17.7 Å². The van der Waals surface area contributed by atoms with Gasteiger partial charge in [-0.2, -0.15) is 0 Å². The molecule has 2 heterocycles. The summed E-state index contributed by atoms with van der Waals surface area (Å²) in [7, 11) is 0. The fourth-order valence-corrected chi connectivity index (χ4v) is 2.55. The maximum Gasteiger partial charge on any atom is 0.0952 e. The molecule has 1 aromatic rings. The lowest BCUT2D eigenvalue weighted by atomic mass is 10.2.